The maximum atomic E-state index is 13.6. The Hall–Kier alpha value is -3.25. The summed E-state index contributed by atoms with van der Waals surface area (Å²) >= 11 is 7.19. The molecule has 4 rings (SSSR count). The molecule has 3 aromatic rings. The normalized spacial score (nSPS) is 16.1. The van der Waals surface area contributed by atoms with E-state index in [4.69, 9.17) is 11.6 Å². The number of rotatable bonds is 9. The van der Waals surface area contributed by atoms with Gasteiger partial charge in [0.2, 0.25) is 11.8 Å². The lowest BCUT2D eigenvalue weighted by atomic mass is 9.82. The number of carbonyl (C=O) groups is 2. The van der Waals surface area contributed by atoms with Gasteiger partial charge in [0.05, 0.1) is 47.2 Å². The molecular formula is C24H26ClF2N7O2S. The highest BCUT2D eigenvalue weighted by atomic mass is 35.5. The molecule has 1 aliphatic rings. The largest absolute Gasteiger partial charge is 0.377 e. The number of amides is 2. The summed E-state index contributed by atoms with van der Waals surface area (Å²) in [5, 5.41) is 9.82. The van der Waals surface area contributed by atoms with Gasteiger partial charge in [0.15, 0.2) is 0 Å². The van der Waals surface area contributed by atoms with E-state index in [1.54, 1.807) is 12.3 Å². The lowest BCUT2D eigenvalue weighted by molar-refractivity contribution is -0.118. The number of carbonyl (C=O) groups excluding carboxylic acids is 2. The van der Waals surface area contributed by atoms with Crippen molar-refractivity contribution >= 4 is 46.1 Å². The zero-order valence-electron chi connectivity index (χ0n) is 20.0. The number of anilines is 2. The van der Waals surface area contributed by atoms with Gasteiger partial charge >= 0.3 is 0 Å². The first-order chi connectivity index (χ1) is 17.7. The highest BCUT2D eigenvalue weighted by Gasteiger charge is 2.37. The van der Waals surface area contributed by atoms with Gasteiger partial charge in [-0.15, -0.1) is 11.3 Å². The summed E-state index contributed by atoms with van der Waals surface area (Å²) < 4.78 is 27.2. The minimum Gasteiger partial charge on any atom is -0.377 e. The van der Waals surface area contributed by atoms with E-state index in [1.807, 2.05) is 6.92 Å². The Kier molecular flexibility index (Phi) is 8.59. The molecule has 2 amide bonds. The molecule has 3 heterocycles. The van der Waals surface area contributed by atoms with Crippen molar-refractivity contribution in [1.82, 2.24) is 25.3 Å². The molecule has 13 heteroatoms. The number of alkyl halides is 2. The molecule has 0 spiro atoms. The van der Waals surface area contributed by atoms with Crippen LogP contribution in [0, 0.1) is 12.8 Å². The minimum atomic E-state index is -2.67. The van der Waals surface area contributed by atoms with Crippen LogP contribution in [0.2, 0.25) is 5.02 Å². The predicted molar refractivity (Wildman–Crippen MR) is 137 cm³/mol. The first-order valence-corrected chi connectivity index (χ1v) is 12.9. The Morgan fingerprint density at radius 1 is 1.16 bits per heavy atom. The third-order valence-corrected chi connectivity index (χ3v) is 7.32. The molecular weight excluding hydrogens is 524 g/mol. The van der Waals surface area contributed by atoms with Crippen molar-refractivity contribution < 1.29 is 18.4 Å². The predicted octanol–water partition coefficient (Wildman–Crippen LogP) is 4.85. The standard InChI is InChI=1S/C24H26ClF2N7O2S/c1-14-18(7-16(25)8-30-14)31-12-21-32-11-20(37-21)23(36)34-19(6-15-2-4-24(26,27)5-3-15)22(35)33-17-9-28-13-29-10-17/h7-11,13,15,19,31H,2-6,12H2,1H3,(H,33,35)(H,34,36)/t19-/m0/s1. The third kappa shape index (κ3) is 7.62. The Balaban J connectivity index is 1.41. The summed E-state index contributed by atoms with van der Waals surface area (Å²) in [6.07, 6.45) is 7.58. The number of aromatic nitrogens is 4. The van der Waals surface area contributed by atoms with E-state index >= 15 is 0 Å². The van der Waals surface area contributed by atoms with Crippen molar-refractivity contribution in [2.75, 3.05) is 10.6 Å². The number of hydrogen-bond donors (Lipinski definition) is 3. The summed E-state index contributed by atoms with van der Waals surface area (Å²) in [6, 6.07) is 0.834. The maximum Gasteiger partial charge on any atom is 0.263 e. The van der Waals surface area contributed by atoms with Crippen molar-refractivity contribution in [3.8, 4) is 0 Å². The molecule has 0 aliphatic heterocycles. The van der Waals surface area contributed by atoms with E-state index in [1.165, 1.54) is 36.3 Å². The molecule has 1 fully saturated rings. The summed E-state index contributed by atoms with van der Waals surface area (Å²) in [5.74, 6) is -3.71. The van der Waals surface area contributed by atoms with Crippen LogP contribution in [0.4, 0.5) is 20.2 Å². The van der Waals surface area contributed by atoms with Crippen molar-refractivity contribution in [3.05, 3.63) is 57.8 Å². The van der Waals surface area contributed by atoms with Crippen molar-refractivity contribution in [1.29, 1.82) is 0 Å². The van der Waals surface area contributed by atoms with Gasteiger partial charge in [-0.2, -0.15) is 0 Å². The number of hydrogen-bond acceptors (Lipinski definition) is 8. The van der Waals surface area contributed by atoms with Crippen LogP contribution in [0.25, 0.3) is 0 Å². The Morgan fingerprint density at radius 2 is 1.89 bits per heavy atom. The molecule has 0 bridgehead atoms. The molecule has 196 valence electrons. The Bertz CT molecular complexity index is 1230. The summed E-state index contributed by atoms with van der Waals surface area (Å²) in [7, 11) is 0. The second-order valence-electron chi connectivity index (χ2n) is 8.94. The maximum absolute atomic E-state index is 13.6. The average Bonchev–Trinajstić information content (AvgIpc) is 3.35. The van der Waals surface area contributed by atoms with Crippen LogP contribution in [0.5, 0.6) is 0 Å². The summed E-state index contributed by atoms with van der Waals surface area (Å²) in [5.41, 5.74) is 1.91. The van der Waals surface area contributed by atoms with Gasteiger partial charge in [-0.3, -0.25) is 14.6 Å². The highest BCUT2D eigenvalue weighted by molar-refractivity contribution is 7.13. The average molecular weight is 550 g/mol. The SMILES string of the molecule is Cc1ncc(Cl)cc1NCc1ncc(C(=O)N[C@@H](CC2CCC(F)(F)CC2)C(=O)Nc2cncnc2)s1. The van der Waals surface area contributed by atoms with Crippen LogP contribution in [0.3, 0.4) is 0 Å². The van der Waals surface area contributed by atoms with Crippen molar-refractivity contribution in [2.24, 2.45) is 5.92 Å². The smallest absolute Gasteiger partial charge is 0.263 e. The second kappa shape index (κ2) is 11.9. The minimum absolute atomic E-state index is 0.113. The van der Waals surface area contributed by atoms with E-state index in [2.05, 4.69) is 35.9 Å². The van der Waals surface area contributed by atoms with E-state index in [-0.39, 0.29) is 38.0 Å². The van der Waals surface area contributed by atoms with Crippen molar-refractivity contribution in [2.45, 2.75) is 57.5 Å². The monoisotopic (exact) mass is 549 g/mol. The zero-order chi connectivity index (χ0) is 26.4. The molecule has 1 aliphatic carbocycles. The quantitative estimate of drug-likeness (QED) is 0.348. The lowest BCUT2D eigenvalue weighted by Gasteiger charge is -2.30. The molecule has 0 radical (unpaired) electrons. The summed E-state index contributed by atoms with van der Waals surface area (Å²) in [4.78, 5) is 42.6. The van der Waals surface area contributed by atoms with Gasteiger partial charge in [0, 0.05) is 19.0 Å². The second-order valence-corrected chi connectivity index (χ2v) is 10.5. The molecule has 0 unspecified atom stereocenters. The lowest BCUT2D eigenvalue weighted by Crippen LogP contribution is -2.45. The van der Waals surface area contributed by atoms with Gasteiger partial charge in [0.1, 0.15) is 22.3 Å². The Labute approximate surface area is 221 Å². The zero-order valence-corrected chi connectivity index (χ0v) is 21.6. The molecule has 3 aromatic heterocycles. The first-order valence-electron chi connectivity index (χ1n) is 11.7. The third-order valence-electron chi connectivity index (χ3n) is 6.12. The van der Waals surface area contributed by atoms with Crippen LogP contribution >= 0.6 is 22.9 Å². The fourth-order valence-electron chi connectivity index (χ4n) is 4.08. The summed E-state index contributed by atoms with van der Waals surface area (Å²) in [6.45, 7) is 2.20. The van der Waals surface area contributed by atoms with Crippen molar-refractivity contribution in [3.63, 3.8) is 0 Å². The fourth-order valence-corrected chi connectivity index (χ4v) is 5.00. The van der Waals surface area contributed by atoms with E-state index < -0.39 is 23.8 Å². The number of nitrogens with zero attached hydrogens (tertiary/aromatic N) is 4. The van der Waals surface area contributed by atoms with E-state index in [0.717, 1.165) is 11.4 Å². The van der Waals surface area contributed by atoms with Crippen LogP contribution in [-0.4, -0.2) is 43.7 Å². The Morgan fingerprint density at radius 3 is 2.62 bits per heavy atom. The highest BCUT2D eigenvalue weighted by Crippen LogP contribution is 2.38. The molecule has 1 atom stereocenters. The van der Waals surface area contributed by atoms with E-state index in [9.17, 15) is 18.4 Å². The van der Waals surface area contributed by atoms with Gasteiger partial charge in [-0.25, -0.2) is 23.7 Å². The molecule has 9 nitrogen and oxygen atoms in total. The first kappa shape index (κ1) is 26.8. The van der Waals surface area contributed by atoms with E-state index in [0.29, 0.717) is 27.1 Å². The molecule has 3 N–H and O–H groups in total. The van der Waals surface area contributed by atoms with Gasteiger partial charge in [-0.1, -0.05) is 11.6 Å². The van der Waals surface area contributed by atoms with Gasteiger partial charge < -0.3 is 16.0 Å². The van der Waals surface area contributed by atoms with Crippen LogP contribution in [0.1, 0.15) is 52.5 Å². The number of thiazole rings is 1. The van der Waals surface area contributed by atoms with Crippen LogP contribution in [0.15, 0.2) is 37.2 Å². The van der Waals surface area contributed by atoms with Crippen LogP contribution < -0.4 is 16.0 Å². The van der Waals surface area contributed by atoms with Gasteiger partial charge in [-0.05, 0) is 38.2 Å². The number of nitrogens with one attached hydrogen (secondary N) is 3. The molecule has 0 saturated heterocycles. The number of aryl methyl sites for hydroxylation is 1. The number of halogens is 3. The van der Waals surface area contributed by atoms with Gasteiger partial charge in [0.25, 0.3) is 5.91 Å². The molecule has 1 saturated carbocycles. The fraction of sp³-hybridized carbons (Fsp3) is 0.417. The molecule has 37 heavy (non-hydrogen) atoms. The van der Waals surface area contributed by atoms with Crippen LogP contribution in [-0.2, 0) is 11.3 Å². The molecule has 0 aromatic carbocycles. The number of pyridine rings is 1. The topological polar surface area (TPSA) is 122 Å².